The van der Waals surface area contributed by atoms with Crippen molar-refractivity contribution in [3.63, 3.8) is 0 Å². The summed E-state index contributed by atoms with van der Waals surface area (Å²) in [4.78, 5) is 35.4. The summed E-state index contributed by atoms with van der Waals surface area (Å²) in [6, 6.07) is 7.27. The quantitative estimate of drug-likeness (QED) is 0.581. The number of carbonyl (C=O) groups is 3. The lowest BCUT2D eigenvalue weighted by Gasteiger charge is -2.19. The van der Waals surface area contributed by atoms with Gasteiger partial charge in [-0.05, 0) is 64.2 Å². The molecule has 0 aliphatic heterocycles. The molecular formula is C22H31N3O4. The topological polar surface area (TPSA) is 96.5 Å². The highest BCUT2D eigenvalue weighted by Crippen LogP contribution is 2.35. The van der Waals surface area contributed by atoms with Crippen LogP contribution >= 0.6 is 0 Å². The summed E-state index contributed by atoms with van der Waals surface area (Å²) in [6.07, 6.45) is 3.64. The fourth-order valence-corrected chi connectivity index (χ4v) is 2.63. The molecule has 0 bridgehead atoms. The van der Waals surface area contributed by atoms with Crippen LogP contribution in [0.15, 0.2) is 35.9 Å². The van der Waals surface area contributed by atoms with Gasteiger partial charge in [0.1, 0.15) is 5.60 Å². The van der Waals surface area contributed by atoms with Gasteiger partial charge in [0.25, 0.3) is 0 Å². The van der Waals surface area contributed by atoms with Crippen LogP contribution in [0.4, 0.5) is 10.5 Å². The van der Waals surface area contributed by atoms with Gasteiger partial charge < -0.3 is 20.7 Å². The van der Waals surface area contributed by atoms with E-state index in [4.69, 9.17) is 4.74 Å². The second-order valence-corrected chi connectivity index (χ2v) is 8.30. The largest absolute Gasteiger partial charge is 0.444 e. The van der Waals surface area contributed by atoms with E-state index in [9.17, 15) is 14.4 Å². The number of hydrogen-bond acceptors (Lipinski definition) is 4. The average molecular weight is 402 g/mol. The maximum absolute atomic E-state index is 12.0. The minimum Gasteiger partial charge on any atom is -0.444 e. The maximum Gasteiger partial charge on any atom is 0.407 e. The molecule has 0 spiro atoms. The minimum atomic E-state index is -0.570. The van der Waals surface area contributed by atoms with Gasteiger partial charge in [-0.25, -0.2) is 4.79 Å². The second kappa shape index (κ2) is 10.1. The van der Waals surface area contributed by atoms with E-state index in [0.717, 1.165) is 11.1 Å². The van der Waals surface area contributed by atoms with E-state index in [1.807, 2.05) is 19.1 Å². The Hall–Kier alpha value is -2.83. The van der Waals surface area contributed by atoms with Crippen molar-refractivity contribution in [1.29, 1.82) is 0 Å². The van der Waals surface area contributed by atoms with Crippen LogP contribution in [0.2, 0.25) is 0 Å². The summed E-state index contributed by atoms with van der Waals surface area (Å²) in [5.74, 6) is 0.301. The fourth-order valence-electron chi connectivity index (χ4n) is 2.63. The van der Waals surface area contributed by atoms with Gasteiger partial charge in [-0.3, -0.25) is 9.59 Å². The van der Waals surface area contributed by atoms with Gasteiger partial charge in [0.15, 0.2) is 0 Å². The minimum absolute atomic E-state index is 0.0794. The molecule has 0 radical (unpaired) electrons. The molecule has 1 aliphatic rings. The first-order valence-corrected chi connectivity index (χ1v) is 9.94. The number of anilines is 1. The lowest BCUT2D eigenvalue weighted by molar-refractivity contribution is -0.117. The van der Waals surface area contributed by atoms with E-state index in [2.05, 4.69) is 16.0 Å². The average Bonchev–Trinajstić information content (AvgIpc) is 3.44. The lowest BCUT2D eigenvalue weighted by atomic mass is 10.1. The van der Waals surface area contributed by atoms with Crippen molar-refractivity contribution < 1.29 is 19.1 Å². The third kappa shape index (κ3) is 9.27. The molecule has 0 saturated heterocycles. The molecule has 1 aromatic carbocycles. The molecule has 1 saturated carbocycles. The van der Waals surface area contributed by atoms with E-state index in [0.29, 0.717) is 18.2 Å². The second-order valence-electron chi connectivity index (χ2n) is 8.30. The van der Waals surface area contributed by atoms with Crippen LogP contribution in [0.1, 0.15) is 52.5 Å². The number of alkyl carbamates (subject to hydrolysis) is 1. The monoisotopic (exact) mass is 401 g/mol. The molecular weight excluding hydrogens is 370 g/mol. The van der Waals surface area contributed by atoms with Gasteiger partial charge in [-0.15, -0.1) is 0 Å². The maximum atomic E-state index is 12.0. The Morgan fingerprint density at radius 3 is 2.34 bits per heavy atom. The summed E-state index contributed by atoms with van der Waals surface area (Å²) in [6.45, 7) is 7.96. The van der Waals surface area contributed by atoms with E-state index in [-0.39, 0.29) is 24.8 Å². The first kappa shape index (κ1) is 22.5. The van der Waals surface area contributed by atoms with E-state index in [1.165, 1.54) is 12.8 Å². The van der Waals surface area contributed by atoms with Crippen LogP contribution < -0.4 is 16.0 Å². The van der Waals surface area contributed by atoms with Crippen LogP contribution in [0.3, 0.4) is 0 Å². The number of ether oxygens (including phenoxy) is 1. The Kier molecular flexibility index (Phi) is 7.82. The van der Waals surface area contributed by atoms with Crippen molar-refractivity contribution >= 4 is 23.6 Å². The number of hydrogen-bond donors (Lipinski definition) is 3. The number of nitrogens with one attached hydrogen (secondary N) is 3. The first-order valence-electron chi connectivity index (χ1n) is 9.94. The van der Waals surface area contributed by atoms with Gasteiger partial charge in [0, 0.05) is 31.3 Å². The summed E-state index contributed by atoms with van der Waals surface area (Å²) in [7, 11) is 0. The first-order chi connectivity index (χ1) is 13.6. The summed E-state index contributed by atoms with van der Waals surface area (Å²) >= 11 is 0. The summed E-state index contributed by atoms with van der Waals surface area (Å²) < 4.78 is 5.11. The molecule has 7 heteroatoms. The van der Waals surface area contributed by atoms with Crippen LogP contribution in [-0.4, -0.2) is 30.1 Å². The summed E-state index contributed by atoms with van der Waals surface area (Å²) in [5.41, 5.74) is 2.17. The zero-order valence-corrected chi connectivity index (χ0v) is 17.6. The van der Waals surface area contributed by atoms with Crippen molar-refractivity contribution in [2.45, 2.75) is 59.1 Å². The summed E-state index contributed by atoms with van der Waals surface area (Å²) in [5, 5.41) is 8.20. The number of amides is 3. The molecule has 0 heterocycles. The van der Waals surface area contributed by atoms with E-state index >= 15 is 0 Å². The zero-order valence-electron chi connectivity index (χ0n) is 17.6. The molecule has 0 aromatic heterocycles. The van der Waals surface area contributed by atoms with Crippen molar-refractivity contribution in [1.82, 2.24) is 10.6 Å². The Morgan fingerprint density at radius 1 is 1.10 bits per heavy atom. The van der Waals surface area contributed by atoms with E-state index < -0.39 is 11.7 Å². The molecule has 1 aliphatic carbocycles. The van der Waals surface area contributed by atoms with Crippen LogP contribution in [0.5, 0.6) is 0 Å². The molecule has 7 nitrogen and oxygen atoms in total. The van der Waals surface area contributed by atoms with E-state index in [1.54, 1.807) is 39.0 Å². The SMILES string of the molecule is C/C(=C\C(=O)NCc1ccc(NC(=O)CCNC(=O)OC(C)(C)C)cc1)C1CC1. The molecule has 1 aromatic rings. The fraction of sp³-hybridized carbons (Fsp3) is 0.500. The normalized spacial score (nSPS) is 14.1. The van der Waals surface area contributed by atoms with Gasteiger partial charge >= 0.3 is 6.09 Å². The van der Waals surface area contributed by atoms with Crippen molar-refractivity contribution in [3.8, 4) is 0 Å². The molecule has 3 N–H and O–H groups in total. The Labute approximate surface area is 172 Å². The zero-order chi connectivity index (χ0) is 21.4. The third-order valence-corrected chi connectivity index (χ3v) is 4.30. The Bertz CT molecular complexity index is 759. The van der Waals surface area contributed by atoms with Crippen LogP contribution in [0, 0.1) is 5.92 Å². The number of carbonyl (C=O) groups excluding carboxylic acids is 3. The van der Waals surface area contributed by atoms with Gasteiger partial charge in [-0.2, -0.15) is 0 Å². The van der Waals surface area contributed by atoms with Crippen molar-refractivity contribution in [2.24, 2.45) is 5.92 Å². The highest BCUT2D eigenvalue weighted by atomic mass is 16.6. The molecule has 0 unspecified atom stereocenters. The van der Waals surface area contributed by atoms with Crippen molar-refractivity contribution in [2.75, 3.05) is 11.9 Å². The highest BCUT2D eigenvalue weighted by Gasteiger charge is 2.23. The van der Waals surface area contributed by atoms with Gasteiger partial charge in [-0.1, -0.05) is 17.7 Å². The molecule has 29 heavy (non-hydrogen) atoms. The molecule has 0 atom stereocenters. The van der Waals surface area contributed by atoms with Crippen LogP contribution in [0.25, 0.3) is 0 Å². The standard InChI is InChI=1S/C22H31N3O4/c1-15(17-7-8-17)13-20(27)24-14-16-5-9-18(10-6-16)25-19(26)11-12-23-21(28)29-22(2,3)4/h5-6,9-10,13,17H,7-8,11-12,14H2,1-4H3,(H,23,28)(H,24,27)(H,25,26)/b15-13+. The lowest BCUT2D eigenvalue weighted by Crippen LogP contribution is -2.34. The molecule has 3 amide bonds. The Balaban J connectivity index is 1.68. The number of allylic oxidation sites excluding steroid dienone is 1. The number of benzene rings is 1. The van der Waals surface area contributed by atoms with Gasteiger partial charge in [0.05, 0.1) is 0 Å². The number of rotatable bonds is 8. The molecule has 158 valence electrons. The van der Waals surface area contributed by atoms with Crippen molar-refractivity contribution in [3.05, 3.63) is 41.5 Å². The third-order valence-electron chi connectivity index (χ3n) is 4.30. The Morgan fingerprint density at radius 2 is 1.76 bits per heavy atom. The highest BCUT2D eigenvalue weighted by molar-refractivity contribution is 5.91. The predicted molar refractivity (Wildman–Crippen MR) is 112 cm³/mol. The predicted octanol–water partition coefficient (Wildman–Crippen LogP) is 3.51. The van der Waals surface area contributed by atoms with Gasteiger partial charge in [0.2, 0.25) is 11.8 Å². The molecule has 1 fully saturated rings. The smallest absolute Gasteiger partial charge is 0.407 e. The van der Waals surface area contributed by atoms with Crippen LogP contribution in [-0.2, 0) is 20.9 Å². The molecule has 2 rings (SSSR count).